The first kappa shape index (κ1) is 17.2. The van der Waals surface area contributed by atoms with E-state index in [9.17, 15) is 14.0 Å². The van der Waals surface area contributed by atoms with Gasteiger partial charge in [0.05, 0.1) is 20.3 Å². The molecule has 1 amide bonds. The van der Waals surface area contributed by atoms with Crippen LogP contribution < -0.4 is 10.1 Å². The van der Waals surface area contributed by atoms with E-state index in [4.69, 9.17) is 4.74 Å². The Morgan fingerprint density at radius 1 is 1.35 bits per heavy atom. The number of methoxy groups -OCH3 is 2. The Balaban J connectivity index is 1.95. The Kier molecular flexibility index (Phi) is 5.92. The van der Waals surface area contributed by atoms with E-state index in [0.29, 0.717) is 24.4 Å². The molecule has 2 unspecified atom stereocenters. The molecule has 0 bridgehead atoms. The number of carbonyl (C=O) groups excluding carboxylic acids is 2. The van der Waals surface area contributed by atoms with E-state index < -0.39 is 18.2 Å². The van der Waals surface area contributed by atoms with Crippen molar-refractivity contribution in [1.29, 1.82) is 0 Å². The van der Waals surface area contributed by atoms with Crippen LogP contribution >= 0.6 is 0 Å². The summed E-state index contributed by atoms with van der Waals surface area (Å²) in [5.41, 5.74) is 0.646. The molecule has 23 heavy (non-hydrogen) atoms. The minimum Gasteiger partial charge on any atom is -0.497 e. The van der Waals surface area contributed by atoms with Gasteiger partial charge in [-0.1, -0.05) is 0 Å². The van der Waals surface area contributed by atoms with Crippen molar-refractivity contribution < 1.29 is 23.5 Å². The van der Waals surface area contributed by atoms with E-state index in [1.165, 1.54) is 0 Å². The van der Waals surface area contributed by atoms with Gasteiger partial charge in [0.25, 0.3) is 0 Å². The molecule has 1 heterocycles. The molecule has 0 aliphatic carbocycles. The number of amides is 1. The number of nitrogens with one attached hydrogen (secondary N) is 1. The zero-order chi connectivity index (χ0) is 16.8. The Labute approximate surface area is 134 Å². The van der Waals surface area contributed by atoms with Crippen LogP contribution in [0.5, 0.6) is 5.75 Å². The summed E-state index contributed by atoms with van der Waals surface area (Å²) in [5, 5.41) is 2.81. The lowest BCUT2D eigenvalue weighted by Crippen LogP contribution is -2.44. The molecule has 7 heteroatoms. The van der Waals surface area contributed by atoms with Gasteiger partial charge in [0.2, 0.25) is 12.1 Å². The molecule has 1 saturated heterocycles. The maximum absolute atomic E-state index is 13.7. The van der Waals surface area contributed by atoms with Crippen molar-refractivity contribution in [3.8, 4) is 5.75 Å². The summed E-state index contributed by atoms with van der Waals surface area (Å²) < 4.78 is 23.2. The standard InChI is InChI=1S/C16H21FN2O4/c1-22-12-7-5-11(6-8-12)18-15(20)14-4-3-9-19(14)10-13(17)16(21)23-2/h5-8,13-14H,3-4,9-10H2,1-2H3,(H,18,20). The number of alkyl halides is 1. The third-order valence-corrected chi connectivity index (χ3v) is 3.88. The Bertz CT molecular complexity index is 550. The van der Waals surface area contributed by atoms with Crippen molar-refractivity contribution in [3.05, 3.63) is 24.3 Å². The van der Waals surface area contributed by atoms with Gasteiger partial charge in [-0.2, -0.15) is 0 Å². The normalized spacial score (nSPS) is 19.2. The molecule has 0 saturated carbocycles. The first-order valence-corrected chi connectivity index (χ1v) is 7.46. The van der Waals surface area contributed by atoms with Crippen molar-refractivity contribution in [2.24, 2.45) is 0 Å². The lowest BCUT2D eigenvalue weighted by molar-refractivity contribution is -0.147. The SMILES string of the molecule is COC(=O)C(F)CN1CCCC1C(=O)Nc1ccc(OC)cc1. The number of likely N-dealkylation sites (tertiary alicyclic amines) is 1. The van der Waals surface area contributed by atoms with Crippen LogP contribution in [0.25, 0.3) is 0 Å². The second kappa shape index (κ2) is 7.92. The molecule has 2 atom stereocenters. The summed E-state index contributed by atoms with van der Waals surface area (Å²) in [4.78, 5) is 25.3. The van der Waals surface area contributed by atoms with Crippen LogP contribution in [0.2, 0.25) is 0 Å². The Hall–Kier alpha value is -2.15. The molecular weight excluding hydrogens is 303 g/mol. The zero-order valence-corrected chi connectivity index (χ0v) is 13.3. The van der Waals surface area contributed by atoms with Crippen molar-refractivity contribution >= 4 is 17.6 Å². The third kappa shape index (κ3) is 4.41. The van der Waals surface area contributed by atoms with E-state index in [0.717, 1.165) is 13.5 Å². The highest BCUT2D eigenvalue weighted by atomic mass is 19.1. The molecule has 1 aliphatic heterocycles. The molecule has 0 radical (unpaired) electrons. The fourth-order valence-corrected chi connectivity index (χ4v) is 2.65. The van der Waals surface area contributed by atoms with Crippen molar-refractivity contribution in [2.45, 2.75) is 25.1 Å². The molecule has 1 N–H and O–H groups in total. The first-order chi connectivity index (χ1) is 11.0. The number of hydrogen-bond acceptors (Lipinski definition) is 5. The van der Waals surface area contributed by atoms with Gasteiger partial charge in [-0.25, -0.2) is 9.18 Å². The van der Waals surface area contributed by atoms with Gasteiger partial charge in [0, 0.05) is 12.2 Å². The monoisotopic (exact) mass is 324 g/mol. The number of rotatable bonds is 6. The minimum absolute atomic E-state index is 0.132. The molecule has 126 valence electrons. The average molecular weight is 324 g/mol. The van der Waals surface area contributed by atoms with Crippen molar-refractivity contribution in [3.63, 3.8) is 0 Å². The highest BCUT2D eigenvalue weighted by Gasteiger charge is 2.34. The Morgan fingerprint density at radius 2 is 2.04 bits per heavy atom. The first-order valence-electron chi connectivity index (χ1n) is 7.46. The highest BCUT2D eigenvalue weighted by molar-refractivity contribution is 5.95. The largest absolute Gasteiger partial charge is 0.497 e. The minimum atomic E-state index is -1.74. The van der Waals surface area contributed by atoms with E-state index in [2.05, 4.69) is 10.1 Å². The maximum atomic E-state index is 13.7. The number of halogens is 1. The lowest BCUT2D eigenvalue weighted by atomic mass is 10.2. The molecule has 0 spiro atoms. The predicted octanol–water partition coefficient (Wildman–Crippen LogP) is 1.61. The number of carbonyl (C=O) groups is 2. The quantitative estimate of drug-likeness (QED) is 0.805. The maximum Gasteiger partial charge on any atom is 0.341 e. The van der Waals surface area contributed by atoms with Gasteiger partial charge in [-0.05, 0) is 43.7 Å². The van der Waals surface area contributed by atoms with Crippen LogP contribution in [0.4, 0.5) is 10.1 Å². The van der Waals surface area contributed by atoms with Gasteiger partial charge in [-0.3, -0.25) is 9.69 Å². The summed E-state index contributed by atoms with van der Waals surface area (Å²) in [6, 6.07) is 6.53. The molecular formula is C16H21FN2O4. The van der Waals surface area contributed by atoms with Gasteiger partial charge in [0.15, 0.2) is 0 Å². The molecule has 1 aromatic carbocycles. The fraction of sp³-hybridized carbons (Fsp3) is 0.500. The van der Waals surface area contributed by atoms with E-state index in [1.807, 2.05) is 0 Å². The van der Waals surface area contributed by atoms with E-state index in [-0.39, 0.29) is 12.5 Å². The van der Waals surface area contributed by atoms with Gasteiger partial charge in [-0.15, -0.1) is 0 Å². The second-order valence-electron chi connectivity index (χ2n) is 5.36. The van der Waals surface area contributed by atoms with Gasteiger partial charge in [0.1, 0.15) is 5.75 Å². The molecule has 0 aromatic heterocycles. The van der Waals surface area contributed by atoms with Gasteiger partial charge >= 0.3 is 5.97 Å². The molecule has 2 rings (SSSR count). The number of ether oxygens (including phenoxy) is 2. The summed E-state index contributed by atoms with van der Waals surface area (Å²) in [7, 11) is 2.71. The molecule has 1 fully saturated rings. The Morgan fingerprint density at radius 3 is 2.65 bits per heavy atom. The van der Waals surface area contributed by atoms with Gasteiger partial charge < -0.3 is 14.8 Å². The summed E-state index contributed by atoms with van der Waals surface area (Å²) >= 11 is 0. The van der Waals surface area contributed by atoms with E-state index >= 15 is 0 Å². The van der Waals surface area contributed by atoms with E-state index in [1.54, 1.807) is 36.3 Å². The number of hydrogen-bond donors (Lipinski definition) is 1. The third-order valence-electron chi connectivity index (χ3n) is 3.88. The number of nitrogens with zero attached hydrogens (tertiary/aromatic N) is 1. The summed E-state index contributed by atoms with van der Waals surface area (Å²) in [6.07, 6.45) is -0.320. The van der Waals surface area contributed by atoms with Crippen LogP contribution in [0.1, 0.15) is 12.8 Å². The topological polar surface area (TPSA) is 67.9 Å². The molecule has 1 aliphatic rings. The van der Waals surface area contributed by atoms with Crippen molar-refractivity contribution in [2.75, 3.05) is 32.6 Å². The zero-order valence-electron chi connectivity index (χ0n) is 13.3. The molecule has 6 nitrogen and oxygen atoms in total. The smallest absolute Gasteiger partial charge is 0.341 e. The fourth-order valence-electron chi connectivity index (χ4n) is 2.65. The van der Waals surface area contributed by atoms with Crippen LogP contribution in [0.3, 0.4) is 0 Å². The number of anilines is 1. The van der Waals surface area contributed by atoms with Crippen LogP contribution in [-0.2, 0) is 14.3 Å². The van der Waals surface area contributed by atoms with Crippen LogP contribution in [0.15, 0.2) is 24.3 Å². The number of esters is 1. The average Bonchev–Trinajstić information content (AvgIpc) is 3.02. The summed E-state index contributed by atoms with van der Waals surface area (Å²) in [5.74, 6) is -0.417. The van der Waals surface area contributed by atoms with Crippen LogP contribution in [-0.4, -0.2) is 56.3 Å². The molecule has 1 aromatic rings. The number of benzene rings is 1. The van der Waals surface area contributed by atoms with Crippen LogP contribution in [0, 0.1) is 0 Å². The predicted molar refractivity (Wildman–Crippen MR) is 83.1 cm³/mol. The lowest BCUT2D eigenvalue weighted by Gasteiger charge is -2.24. The second-order valence-corrected chi connectivity index (χ2v) is 5.36. The van der Waals surface area contributed by atoms with Crippen molar-refractivity contribution in [1.82, 2.24) is 4.90 Å². The summed E-state index contributed by atoms with van der Waals surface area (Å²) in [6.45, 7) is 0.450. The highest BCUT2D eigenvalue weighted by Crippen LogP contribution is 2.21.